The molecule has 0 aliphatic rings. The van der Waals surface area contributed by atoms with Crippen LogP contribution < -0.4 is 5.32 Å². The van der Waals surface area contributed by atoms with E-state index in [-0.39, 0.29) is 0 Å². The second kappa shape index (κ2) is 7.68. The van der Waals surface area contributed by atoms with Gasteiger partial charge in [0, 0.05) is 12.2 Å². The minimum atomic E-state index is 0.699. The lowest BCUT2D eigenvalue weighted by molar-refractivity contribution is 0.431. The highest BCUT2D eigenvalue weighted by molar-refractivity contribution is 5.24. The maximum Gasteiger partial charge on any atom is 0.0628 e. The van der Waals surface area contributed by atoms with Crippen LogP contribution >= 0.6 is 0 Å². The molecule has 0 bridgehead atoms. The van der Waals surface area contributed by atoms with Gasteiger partial charge >= 0.3 is 0 Å². The SMILES string of the molecule is CCC(C)Cn1nc(C)c(CCNCC(C)C)c1C. The molecule has 1 rings (SSSR count). The van der Waals surface area contributed by atoms with Gasteiger partial charge in [-0.05, 0) is 50.8 Å². The Bertz CT molecular complexity index is 380. The number of nitrogens with one attached hydrogen (secondary N) is 1. The van der Waals surface area contributed by atoms with Gasteiger partial charge in [0.1, 0.15) is 0 Å². The fourth-order valence-corrected chi connectivity index (χ4v) is 2.30. The number of aryl methyl sites for hydroxylation is 1. The third-order valence-electron chi connectivity index (χ3n) is 3.82. The second-order valence-electron chi connectivity index (χ2n) is 6.19. The molecule has 1 atom stereocenters. The largest absolute Gasteiger partial charge is 0.316 e. The predicted octanol–water partition coefficient (Wildman–Crippen LogP) is 3.33. The van der Waals surface area contributed by atoms with Crippen LogP contribution in [-0.4, -0.2) is 22.9 Å². The summed E-state index contributed by atoms with van der Waals surface area (Å²) < 4.78 is 2.20. The van der Waals surface area contributed by atoms with Gasteiger partial charge < -0.3 is 5.32 Å². The number of nitrogens with zero attached hydrogens (tertiary/aromatic N) is 2. The van der Waals surface area contributed by atoms with Crippen molar-refractivity contribution in [1.82, 2.24) is 15.1 Å². The summed E-state index contributed by atoms with van der Waals surface area (Å²) in [7, 11) is 0. The molecule has 0 saturated carbocycles. The van der Waals surface area contributed by atoms with Crippen LogP contribution in [0.5, 0.6) is 0 Å². The first-order valence-electron chi connectivity index (χ1n) is 7.69. The lowest BCUT2D eigenvalue weighted by Gasteiger charge is -2.11. The lowest BCUT2D eigenvalue weighted by Crippen LogP contribution is -2.22. The number of hydrogen-bond donors (Lipinski definition) is 1. The normalized spacial score (nSPS) is 13.2. The summed E-state index contributed by atoms with van der Waals surface area (Å²) >= 11 is 0. The molecule has 0 saturated heterocycles. The highest BCUT2D eigenvalue weighted by Crippen LogP contribution is 2.16. The monoisotopic (exact) mass is 265 g/mol. The van der Waals surface area contributed by atoms with Crippen LogP contribution in [0.15, 0.2) is 0 Å². The van der Waals surface area contributed by atoms with Crippen molar-refractivity contribution in [2.45, 2.75) is 60.9 Å². The molecular weight excluding hydrogens is 234 g/mol. The van der Waals surface area contributed by atoms with Gasteiger partial charge in [-0.1, -0.05) is 34.1 Å². The third-order valence-corrected chi connectivity index (χ3v) is 3.82. The molecule has 110 valence electrons. The Morgan fingerprint density at radius 1 is 1.21 bits per heavy atom. The van der Waals surface area contributed by atoms with Crippen molar-refractivity contribution in [3.05, 3.63) is 17.0 Å². The summed E-state index contributed by atoms with van der Waals surface area (Å²) in [5.41, 5.74) is 3.98. The quantitative estimate of drug-likeness (QED) is 0.731. The van der Waals surface area contributed by atoms with Crippen molar-refractivity contribution < 1.29 is 0 Å². The molecule has 0 aliphatic heterocycles. The van der Waals surface area contributed by atoms with E-state index in [0.717, 1.165) is 32.0 Å². The summed E-state index contributed by atoms with van der Waals surface area (Å²) in [6.45, 7) is 16.6. The summed E-state index contributed by atoms with van der Waals surface area (Å²) in [6.07, 6.45) is 2.30. The van der Waals surface area contributed by atoms with E-state index in [1.165, 1.54) is 23.4 Å². The molecule has 3 nitrogen and oxygen atoms in total. The first kappa shape index (κ1) is 16.2. The lowest BCUT2D eigenvalue weighted by atomic mass is 10.1. The Balaban J connectivity index is 2.58. The average molecular weight is 265 g/mol. The molecule has 0 fully saturated rings. The van der Waals surface area contributed by atoms with Crippen molar-refractivity contribution in [3.63, 3.8) is 0 Å². The maximum atomic E-state index is 4.70. The van der Waals surface area contributed by atoms with E-state index in [2.05, 4.69) is 51.5 Å². The topological polar surface area (TPSA) is 29.9 Å². The van der Waals surface area contributed by atoms with E-state index in [0.29, 0.717) is 5.92 Å². The van der Waals surface area contributed by atoms with E-state index in [1.807, 2.05) is 0 Å². The molecule has 0 aromatic carbocycles. The van der Waals surface area contributed by atoms with Gasteiger partial charge in [0.15, 0.2) is 0 Å². The third kappa shape index (κ3) is 4.98. The molecular formula is C16H31N3. The Labute approximate surface area is 118 Å². The van der Waals surface area contributed by atoms with Crippen LogP contribution in [0.25, 0.3) is 0 Å². The van der Waals surface area contributed by atoms with Gasteiger partial charge in [-0.15, -0.1) is 0 Å². The minimum Gasteiger partial charge on any atom is -0.316 e. The standard InChI is InChI=1S/C16H31N3/c1-7-13(4)11-19-15(6)16(14(5)18-19)8-9-17-10-12(2)3/h12-13,17H,7-11H2,1-6H3. The molecule has 1 aromatic heterocycles. The zero-order valence-corrected chi connectivity index (χ0v) is 13.6. The minimum absolute atomic E-state index is 0.699. The van der Waals surface area contributed by atoms with Crippen LogP contribution in [0.4, 0.5) is 0 Å². The van der Waals surface area contributed by atoms with E-state index in [4.69, 9.17) is 5.10 Å². The fraction of sp³-hybridized carbons (Fsp3) is 0.812. The summed E-state index contributed by atoms with van der Waals surface area (Å²) in [6, 6.07) is 0. The maximum absolute atomic E-state index is 4.70. The molecule has 0 aliphatic carbocycles. The Kier molecular flexibility index (Phi) is 6.56. The predicted molar refractivity (Wildman–Crippen MR) is 82.6 cm³/mol. The molecule has 0 amide bonds. The Morgan fingerprint density at radius 2 is 1.89 bits per heavy atom. The van der Waals surface area contributed by atoms with Gasteiger partial charge in [-0.25, -0.2) is 0 Å². The van der Waals surface area contributed by atoms with Gasteiger partial charge in [-0.2, -0.15) is 5.10 Å². The zero-order chi connectivity index (χ0) is 14.4. The Morgan fingerprint density at radius 3 is 2.47 bits per heavy atom. The van der Waals surface area contributed by atoms with E-state index in [9.17, 15) is 0 Å². The Hall–Kier alpha value is -0.830. The number of hydrogen-bond acceptors (Lipinski definition) is 2. The van der Waals surface area contributed by atoms with Crippen LogP contribution in [-0.2, 0) is 13.0 Å². The van der Waals surface area contributed by atoms with Crippen molar-refractivity contribution in [2.24, 2.45) is 11.8 Å². The summed E-state index contributed by atoms with van der Waals surface area (Å²) in [4.78, 5) is 0. The molecule has 0 spiro atoms. The van der Waals surface area contributed by atoms with Gasteiger partial charge in [0.25, 0.3) is 0 Å². The van der Waals surface area contributed by atoms with Crippen LogP contribution in [0, 0.1) is 25.7 Å². The fourth-order valence-electron chi connectivity index (χ4n) is 2.30. The highest BCUT2D eigenvalue weighted by atomic mass is 15.3. The van der Waals surface area contributed by atoms with Crippen molar-refractivity contribution in [1.29, 1.82) is 0 Å². The van der Waals surface area contributed by atoms with E-state index >= 15 is 0 Å². The molecule has 3 heteroatoms. The molecule has 0 radical (unpaired) electrons. The van der Waals surface area contributed by atoms with Gasteiger partial charge in [0.05, 0.1) is 5.69 Å². The first-order valence-corrected chi connectivity index (χ1v) is 7.69. The van der Waals surface area contributed by atoms with Crippen LogP contribution in [0.2, 0.25) is 0 Å². The van der Waals surface area contributed by atoms with Crippen molar-refractivity contribution >= 4 is 0 Å². The molecule has 1 unspecified atom stereocenters. The summed E-state index contributed by atoms with van der Waals surface area (Å²) in [5.74, 6) is 1.42. The highest BCUT2D eigenvalue weighted by Gasteiger charge is 2.12. The summed E-state index contributed by atoms with van der Waals surface area (Å²) in [5, 5.41) is 8.21. The van der Waals surface area contributed by atoms with Gasteiger partial charge in [0.2, 0.25) is 0 Å². The number of rotatable bonds is 8. The molecule has 1 heterocycles. The first-order chi connectivity index (χ1) is 8.95. The smallest absolute Gasteiger partial charge is 0.0628 e. The molecule has 1 aromatic rings. The van der Waals surface area contributed by atoms with Crippen molar-refractivity contribution in [2.75, 3.05) is 13.1 Å². The molecule has 19 heavy (non-hydrogen) atoms. The average Bonchev–Trinajstić information content (AvgIpc) is 2.60. The van der Waals surface area contributed by atoms with E-state index < -0.39 is 0 Å². The molecule has 1 N–H and O–H groups in total. The van der Waals surface area contributed by atoms with Crippen molar-refractivity contribution in [3.8, 4) is 0 Å². The van der Waals surface area contributed by atoms with Crippen LogP contribution in [0.3, 0.4) is 0 Å². The number of aromatic nitrogens is 2. The van der Waals surface area contributed by atoms with Crippen LogP contribution in [0.1, 0.15) is 51.1 Å². The van der Waals surface area contributed by atoms with Gasteiger partial charge in [-0.3, -0.25) is 4.68 Å². The van der Waals surface area contributed by atoms with E-state index in [1.54, 1.807) is 0 Å². The zero-order valence-electron chi connectivity index (χ0n) is 13.6. The second-order valence-corrected chi connectivity index (χ2v) is 6.19.